The number of carbonyl (C=O) groups is 1. The summed E-state index contributed by atoms with van der Waals surface area (Å²) in [4.78, 5) is 11.0. The standard InChI is InChI=1S/C8H12O/c1-2-8-4-3-6(8)5-7(8)9/h6H,2-5H2,1H3. The zero-order chi connectivity index (χ0) is 6.48. The third-order valence-corrected chi connectivity index (χ3v) is 3.34. The van der Waals surface area contributed by atoms with Crippen molar-refractivity contribution in [3.05, 3.63) is 0 Å². The van der Waals surface area contributed by atoms with Crippen LogP contribution in [0.4, 0.5) is 0 Å². The molecule has 2 saturated carbocycles. The molecule has 2 fully saturated rings. The second-order valence-corrected chi connectivity index (χ2v) is 3.37. The number of hydrogen-bond donors (Lipinski definition) is 0. The quantitative estimate of drug-likeness (QED) is 0.520. The first-order valence-corrected chi connectivity index (χ1v) is 3.83. The molecule has 0 aromatic heterocycles. The molecule has 0 aliphatic heterocycles. The molecule has 2 aliphatic rings. The second-order valence-electron chi connectivity index (χ2n) is 3.37. The van der Waals surface area contributed by atoms with Crippen LogP contribution in [0.3, 0.4) is 0 Å². The summed E-state index contributed by atoms with van der Waals surface area (Å²) >= 11 is 0. The molecule has 9 heavy (non-hydrogen) atoms. The average Bonchev–Trinajstić information content (AvgIpc) is 1.84. The summed E-state index contributed by atoms with van der Waals surface area (Å²) in [6, 6.07) is 0. The first-order chi connectivity index (χ1) is 4.29. The van der Waals surface area contributed by atoms with Crippen LogP contribution < -0.4 is 0 Å². The molecule has 1 heteroatoms. The maximum absolute atomic E-state index is 11.0. The number of Topliss-reactive ketones (excluding diaryl/α,β-unsaturated/α-hetero) is 1. The Kier molecular flexibility index (Phi) is 0.842. The van der Waals surface area contributed by atoms with E-state index >= 15 is 0 Å². The summed E-state index contributed by atoms with van der Waals surface area (Å²) in [6.45, 7) is 2.14. The minimum Gasteiger partial charge on any atom is -0.299 e. The Morgan fingerprint density at radius 2 is 2.56 bits per heavy atom. The molecular weight excluding hydrogens is 112 g/mol. The van der Waals surface area contributed by atoms with Crippen LogP contribution >= 0.6 is 0 Å². The summed E-state index contributed by atoms with van der Waals surface area (Å²) in [7, 11) is 0. The van der Waals surface area contributed by atoms with Crippen LogP contribution in [0.25, 0.3) is 0 Å². The zero-order valence-electron chi connectivity index (χ0n) is 5.81. The van der Waals surface area contributed by atoms with E-state index in [-0.39, 0.29) is 5.41 Å². The molecule has 2 aliphatic carbocycles. The predicted molar refractivity (Wildman–Crippen MR) is 35.1 cm³/mol. The normalized spacial score (nSPS) is 47.2. The van der Waals surface area contributed by atoms with Gasteiger partial charge >= 0.3 is 0 Å². The van der Waals surface area contributed by atoms with E-state index in [1.165, 1.54) is 12.8 Å². The van der Waals surface area contributed by atoms with Crippen molar-refractivity contribution in [1.29, 1.82) is 0 Å². The Hall–Kier alpha value is -0.330. The van der Waals surface area contributed by atoms with Gasteiger partial charge in [0.2, 0.25) is 0 Å². The van der Waals surface area contributed by atoms with Crippen molar-refractivity contribution in [1.82, 2.24) is 0 Å². The minimum absolute atomic E-state index is 0.222. The van der Waals surface area contributed by atoms with E-state index in [4.69, 9.17) is 0 Å². The number of hydrogen-bond acceptors (Lipinski definition) is 1. The highest BCUT2D eigenvalue weighted by molar-refractivity contribution is 5.92. The second kappa shape index (κ2) is 1.39. The van der Waals surface area contributed by atoms with Gasteiger partial charge in [-0.2, -0.15) is 0 Å². The van der Waals surface area contributed by atoms with Gasteiger partial charge in [-0.3, -0.25) is 4.79 Å². The lowest BCUT2D eigenvalue weighted by atomic mass is 9.46. The monoisotopic (exact) mass is 124 g/mol. The molecule has 0 radical (unpaired) electrons. The number of carbonyl (C=O) groups excluding carboxylic acids is 1. The summed E-state index contributed by atoms with van der Waals surface area (Å²) in [6.07, 6.45) is 4.50. The van der Waals surface area contributed by atoms with Crippen molar-refractivity contribution in [3.63, 3.8) is 0 Å². The predicted octanol–water partition coefficient (Wildman–Crippen LogP) is 1.77. The van der Waals surface area contributed by atoms with E-state index in [0.717, 1.165) is 18.8 Å². The van der Waals surface area contributed by atoms with Crippen molar-refractivity contribution in [3.8, 4) is 0 Å². The molecule has 0 aromatic rings. The van der Waals surface area contributed by atoms with Crippen LogP contribution in [0.1, 0.15) is 32.6 Å². The molecule has 2 atom stereocenters. The molecule has 0 heterocycles. The molecular formula is C8H12O. The third kappa shape index (κ3) is 0.405. The fraction of sp³-hybridized carbons (Fsp3) is 0.875. The van der Waals surface area contributed by atoms with Gasteiger partial charge in [-0.1, -0.05) is 6.92 Å². The van der Waals surface area contributed by atoms with Gasteiger partial charge in [0.1, 0.15) is 5.78 Å². The summed E-state index contributed by atoms with van der Waals surface area (Å²) < 4.78 is 0. The van der Waals surface area contributed by atoms with Crippen LogP contribution in [0, 0.1) is 11.3 Å². The van der Waals surface area contributed by atoms with Gasteiger partial charge in [0, 0.05) is 11.8 Å². The molecule has 50 valence electrons. The largest absolute Gasteiger partial charge is 0.299 e. The Balaban J connectivity index is 2.18. The fourth-order valence-corrected chi connectivity index (χ4v) is 2.32. The first kappa shape index (κ1) is 5.45. The summed E-state index contributed by atoms with van der Waals surface area (Å²) in [5.41, 5.74) is 0.222. The van der Waals surface area contributed by atoms with Crippen molar-refractivity contribution in [2.24, 2.45) is 11.3 Å². The first-order valence-electron chi connectivity index (χ1n) is 3.83. The molecule has 0 amide bonds. The molecule has 0 spiro atoms. The molecule has 2 unspecified atom stereocenters. The highest BCUT2D eigenvalue weighted by atomic mass is 16.1. The molecule has 0 bridgehead atoms. The van der Waals surface area contributed by atoms with E-state index < -0.39 is 0 Å². The van der Waals surface area contributed by atoms with Gasteiger partial charge in [-0.15, -0.1) is 0 Å². The minimum atomic E-state index is 0.222. The number of ketones is 1. The Bertz CT molecular complexity index is 158. The Morgan fingerprint density at radius 1 is 1.78 bits per heavy atom. The van der Waals surface area contributed by atoms with Crippen molar-refractivity contribution >= 4 is 5.78 Å². The maximum atomic E-state index is 11.0. The van der Waals surface area contributed by atoms with Gasteiger partial charge in [0.05, 0.1) is 0 Å². The smallest absolute Gasteiger partial charge is 0.139 e. The SMILES string of the molecule is CCC12CCC1CC2=O. The lowest BCUT2D eigenvalue weighted by Crippen LogP contribution is -2.56. The van der Waals surface area contributed by atoms with Gasteiger partial charge < -0.3 is 0 Å². The van der Waals surface area contributed by atoms with Crippen molar-refractivity contribution in [2.75, 3.05) is 0 Å². The Morgan fingerprint density at radius 3 is 2.67 bits per heavy atom. The van der Waals surface area contributed by atoms with E-state index in [9.17, 15) is 4.79 Å². The highest BCUT2D eigenvalue weighted by Gasteiger charge is 2.58. The topological polar surface area (TPSA) is 17.1 Å². The molecule has 0 saturated heterocycles. The van der Waals surface area contributed by atoms with Gasteiger partial charge in [-0.05, 0) is 25.2 Å². The van der Waals surface area contributed by atoms with E-state index in [1.54, 1.807) is 0 Å². The van der Waals surface area contributed by atoms with Gasteiger partial charge in [0.15, 0.2) is 0 Å². The Labute approximate surface area is 55.4 Å². The van der Waals surface area contributed by atoms with Crippen LogP contribution in [0.5, 0.6) is 0 Å². The van der Waals surface area contributed by atoms with Gasteiger partial charge in [0.25, 0.3) is 0 Å². The highest BCUT2D eigenvalue weighted by Crippen LogP contribution is 2.60. The van der Waals surface area contributed by atoms with Crippen LogP contribution in [0.15, 0.2) is 0 Å². The van der Waals surface area contributed by atoms with Crippen LogP contribution in [-0.2, 0) is 4.79 Å². The average molecular weight is 124 g/mol. The number of fused-ring (bicyclic) bond motifs is 1. The summed E-state index contributed by atoms with van der Waals surface area (Å²) in [5, 5.41) is 0. The molecule has 0 N–H and O–H groups in total. The molecule has 2 rings (SSSR count). The lowest BCUT2D eigenvalue weighted by Gasteiger charge is -2.56. The number of rotatable bonds is 1. The third-order valence-electron chi connectivity index (χ3n) is 3.34. The van der Waals surface area contributed by atoms with Crippen LogP contribution in [0.2, 0.25) is 0 Å². The van der Waals surface area contributed by atoms with Crippen molar-refractivity contribution < 1.29 is 4.79 Å². The van der Waals surface area contributed by atoms with Gasteiger partial charge in [-0.25, -0.2) is 0 Å². The van der Waals surface area contributed by atoms with E-state index in [2.05, 4.69) is 6.92 Å². The maximum Gasteiger partial charge on any atom is 0.139 e. The zero-order valence-corrected chi connectivity index (χ0v) is 5.81. The van der Waals surface area contributed by atoms with E-state index in [0.29, 0.717) is 5.78 Å². The van der Waals surface area contributed by atoms with Crippen LogP contribution in [-0.4, -0.2) is 5.78 Å². The fourth-order valence-electron chi connectivity index (χ4n) is 2.32. The van der Waals surface area contributed by atoms with Crippen molar-refractivity contribution in [2.45, 2.75) is 32.6 Å². The summed E-state index contributed by atoms with van der Waals surface area (Å²) in [5.74, 6) is 1.34. The lowest BCUT2D eigenvalue weighted by molar-refractivity contribution is -0.161. The molecule has 1 nitrogen and oxygen atoms in total. The molecule has 0 aromatic carbocycles. The van der Waals surface area contributed by atoms with E-state index in [1.807, 2.05) is 0 Å².